The maximum absolute atomic E-state index is 13.4. The number of nitrogens with zero attached hydrogens (tertiary/aromatic N) is 4. The molecule has 1 aliphatic rings. The van der Waals surface area contributed by atoms with Gasteiger partial charge in [-0.05, 0) is 49.8 Å². The summed E-state index contributed by atoms with van der Waals surface area (Å²) in [5.74, 6) is 0.929. The van der Waals surface area contributed by atoms with E-state index in [9.17, 15) is 9.50 Å². The Labute approximate surface area is 192 Å². The molecule has 0 bridgehead atoms. The summed E-state index contributed by atoms with van der Waals surface area (Å²) in [7, 11) is 1.63. The Morgan fingerprint density at radius 3 is 2.61 bits per heavy atom. The first-order chi connectivity index (χ1) is 15.8. The number of β-amino-alcohol motifs (C(OH)–C–C–N with tert-alkyl or cyclic N) is 1. The lowest BCUT2D eigenvalue weighted by molar-refractivity contribution is -0.0982. The first-order valence-corrected chi connectivity index (χ1v) is 10.6. The van der Waals surface area contributed by atoms with Crippen molar-refractivity contribution in [2.45, 2.75) is 32.6 Å². The molecule has 0 saturated carbocycles. The molecule has 1 aromatic heterocycles. The number of aryl methyl sites for hydroxylation is 1. The lowest BCUT2D eigenvalue weighted by atomic mass is 10.0. The summed E-state index contributed by atoms with van der Waals surface area (Å²) in [5, 5.41) is 14.3. The Morgan fingerprint density at radius 2 is 1.97 bits per heavy atom. The smallest absolute Gasteiger partial charge is 0.234 e. The molecule has 0 radical (unpaired) electrons. The van der Waals surface area contributed by atoms with Crippen molar-refractivity contribution >= 4 is 11.9 Å². The number of oxime groups is 1. The Bertz CT molecular complexity index is 1190. The molecule has 0 unspecified atom stereocenters. The molecule has 4 rings (SSSR count). The van der Waals surface area contributed by atoms with Crippen LogP contribution >= 0.6 is 0 Å². The van der Waals surface area contributed by atoms with E-state index in [1.807, 2.05) is 59.9 Å². The van der Waals surface area contributed by atoms with Crippen LogP contribution in [0.15, 0.2) is 66.2 Å². The SMILES string of the molecule is COc1cc(/C=C/C2=NO[C@](C)(c3ccc(F)cc3)N2C[C@H](C)O)ccc1-n1cnc(C)c1. The Morgan fingerprint density at radius 1 is 1.21 bits per heavy atom. The summed E-state index contributed by atoms with van der Waals surface area (Å²) < 4.78 is 20.9. The largest absolute Gasteiger partial charge is 0.495 e. The highest BCUT2D eigenvalue weighted by atomic mass is 19.1. The molecule has 2 aromatic carbocycles. The highest BCUT2D eigenvalue weighted by Crippen LogP contribution is 2.36. The molecule has 33 heavy (non-hydrogen) atoms. The van der Waals surface area contributed by atoms with Gasteiger partial charge in [0.2, 0.25) is 5.72 Å². The summed E-state index contributed by atoms with van der Waals surface area (Å²) in [4.78, 5) is 11.9. The molecular weight excluding hydrogens is 423 g/mol. The van der Waals surface area contributed by atoms with Gasteiger partial charge >= 0.3 is 0 Å². The third-order valence-corrected chi connectivity index (χ3v) is 5.55. The second-order valence-electron chi connectivity index (χ2n) is 8.18. The van der Waals surface area contributed by atoms with Gasteiger partial charge in [-0.2, -0.15) is 0 Å². The lowest BCUT2D eigenvalue weighted by Gasteiger charge is -2.35. The van der Waals surface area contributed by atoms with Crippen molar-refractivity contribution in [1.82, 2.24) is 14.5 Å². The quantitative estimate of drug-likeness (QED) is 0.583. The molecule has 0 saturated heterocycles. The number of hydrogen-bond acceptors (Lipinski definition) is 6. The first kappa shape index (κ1) is 22.5. The fraction of sp³-hybridized carbons (Fsp3) is 0.280. The number of imidazole rings is 1. The van der Waals surface area contributed by atoms with Crippen LogP contribution < -0.4 is 4.74 Å². The van der Waals surface area contributed by atoms with Gasteiger partial charge in [-0.1, -0.05) is 29.4 Å². The van der Waals surface area contributed by atoms with E-state index in [1.165, 1.54) is 12.1 Å². The van der Waals surface area contributed by atoms with Crippen molar-refractivity contribution < 1.29 is 19.1 Å². The summed E-state index contributed by atoms with van der Waals surface area (Å²) >= 11 is 0. The molecule has 172 valence electrons. The van der Waals surface area contributed by atoms with Crippen molar-refractivity contribution in [3.05, 3.63) is 83.7 Å². The lowest BCUT2D eigenvalue weighted by Crippen LogP contribution is -2.46. The van der Waals surface area contributed by atoms with Gasteiger partial charge in [0.1, 0.15) is 11.6 Å². The second kappa shape index (κ2) is 9.07. The molecule has 7 nitrogen and oxygen atoms in total. The molecule has 1 aliphatic heterocycles. The number of aromatic nitrogens is 2. The van der Waals surface area contributed by atoms with E-state index < -0.39 is 11.8 Å². The number of aliphatic hydroxyl groups excluding tert-OH is 1. The zero-order chi connectivity index (χ0) is 23.6. The zero-order valence-corrected chi connectivity index (χ0v) is 19.1. The number of benzene rings is 2. The maximum Gasteiger partial charge on any atom is 0.234 e. The van der Waals surface area contributed by atoms with E-state index in [1.54, 1.807) is 32.5 Å². The number of hydrogen-bond donors (Lipinski definition) is 1. The zero-order valence-electron chi connectivity index (χ0n) is 19.1. The molecule has 2 heterocycles. The van der Waals surface area contributed by atoms with Crippen LogP contribution in [0, 0.1) is 12.7 Å². The van der Waals surface area contributed by atoms with Gasteiger partial charge in [0, 0.05) is 25.2 Å². The van der Waals surface area contributed by atoms with E-state index in [0.717, 1.165) is 22.5 Å². The monoisotopic (exact) mass is 450 g/mol. The van der Waals surface area contributed by atoms with E-state index in [-0.39, 0.29) is 5.82 Å². The van der Waals surface area contributed by atoms with Gasteiger partial charge in [0.25, 0.3) is 0 Å². The Balaban J connectivity index is 1.61. The predicted molar refractivity (Wildman–Crippen MR) is 125 cm³/mol. The molecular formula is C25H27FN4O3. The number of amidine groups is 1. The molecule has 2 atom stereocenters. The van der Waals surface area contributed by atoms with E-state index >= 15 is 0 Å². The van der Waals surface area contributed by atoms with Crippen molar-refractivity contribution in [2.75, 3.05) is 13.7 Å². The minimum absolute atomic E-state index is 0.291. The van der Waals surface area contributed by atoms with Crippen LogP contribution in [-0.2, 0) is 10.6 Å². The maximum atomic E-state index is 13.4. The standard InChI is InChI=1S/C25H27FN4O3/c1-17-14-29(16-27-17)22-11-5-19(13-23(22)32-4)6-12-24-28-33-25(3,30(24)15-18(2)31)20-7-9-21(26)10-8-20/h5-14,16,18,31H,15H2,1-4H3/b12-6+/t18-,25+/m0/s1. The predicted octanol–water partition coefficient (Wildman–Crippen LogP) is 4.24. The van der Waals surface area contributed by atoms with E-state index in [2.05, 4.69) is 10.1 Å². The van der Waals surface area contributed by atoms with Crippen LogP contribution in [-0.4, -0.2) is 45.2 Å². The Hall–Kier alpha value is -3.65. The minimum Gasteiger partial charge on any atom is -0.495 e. The second-order valence-corrected chi connectivity index (χ2v) is 8.18. The highest BCUT2D eigenvalue weighted by molar-refractivity contribution is 5.97. The number of halogens is 1. The van der Waals surface area contributed by atoms with Crippen LogP contribution in [0.3, 0.4) is 0 Å². The van der Waals surface area contributed by atoms with Gasteiger partial charge in [0.15, 0.2) is 5.84 Å². The van der Waals surface area contributed by atoms with Crippen molar-refractivity contribution in [2.24, 2.45) is 5.16 Å². The van der Waals surface area contributed by atoms with Crippen molar-refractivity contribution in [1.29, 1.82) is 0 Å². The minimum atomic E-state index is -0.967. The Kier molecular flexibility index (Phi) is 6.20. The number of rotatable bonds is 7. The normalized spacial score (nSPS) is 19.0. The third kappa shape index (κ3) is 4.61. The average Bonchev–Trinajstić information content (AvgIpc) is 3.36. The summed E-state index contributed by atoms with van der Waals surface area (Å²) in [5.41, 5.74) is 2.48. The van der Waals surface area contributed by atoms with Crippen molar-refractivity contribution in [3.8, 4) is 11.4 Å². The molecule has 3 aromatic rings. The molecule has 0 amide bonds. The molecule has 0 fully saturated rings. The summed E-state index contributed by atoms with van der Waals surface area (Å²) in [6.45, 7) is 5.77. The summed E-state index contributed by atoms with van der Waals surface area (Å²) in [6, 6.07) is 11.9. The van der Waals surface area contributed by atoms with Gasteiger partial charge in [-0.15, -0.1) is 0 Å². The van der Waals surface area contributed by atoms with Gasteiger partial charge in [-0.25, -0.2) is 9.37 Å². The number of aliphatic hydroxyl groups is 1. The van der Waals surface area contributed by atoms with Gasteiger partial charge in [0.05, 0.1) is 30.9 Å². The van der Waals surface area contributed by atoms with Gasteiger partial charge in [-0.3, -0.25) is 0 Å². The average molecular weight is 451 g/mol. The van der Waals surface area contributed by atoms with E-state index in [0.29, 0.717) is 18.1 Å². The highest BCUT2D eigenvalue weighted by Gasteiger charge is 2.43. The van der Waals surface area contributed by atoms with Crippen molar-refractivity contribution in [3.63, 3.8) is 0 Å². The van der Waals surface area contributed by atoms with Crippen LogP contribution in [0.4, 0.5) is 4.39 Å². The fourth-order valence-electron chi connectivity index (χ4n) is 3.81. The topological polar surface area (TPSA) is 72.1 Å². The van der Waals surface area contributed by atoms with E-state index in [4.69, 9.17) is 9.57 Å². The summed E-state index contributed by atoms with van der Waals surface area (Å²) in [6.07, 6.45) is 6.79. The molecule has 0 spiro atoms. The van der Waals surface area contributed by atoms with Gasteiger partial charge < -0.3 is 24.1 Å². The fourth-order valence-corrected chi connectivity index (χ4v) is 3.81. The van der Waals surface area contributed by atoms with Crippen LogP contribution in [0.2, 0.25) is 0 Å². The number of ether oxygens (including phenoxy) is 1. The van der Waals surface area contributed by atoms with Crippen LogP contribution in [0.1, 0.15) is 30.7 Å². The first-order valence-electron chi connectivity index (χ1n) is 10.6. The third-order valence-electron chi connectivity index (χ3n) is 5.55. The molecule has 8 heteroatoms. The molecule has 1 N–H and O–H groups in total. The molecule has 0 aliphatic carbocycles. The van der Waals surface area contributed by atoms with Crippen LogP contribution in [0.25, 0.3) is 11.8 Å². The number of methoxy groups -OCH3 is 1. The van der Waals surface area contributed by atoms with Crippen LogP contribution in [0.5, 0.6) is 5.75 Å².